The van der Waals surface area contributed by atoms with Crippen molar-refractivity contribution >= 4 is 40.0 Å². The van der Waals surface area contributed by atoms with Crippen LogP contribution in [0.1, 0.15) is 10.4 Å². The van der Waals surface area contributed by atoms with Gasteiger partial charge in [0.05, 0.1) is 5.69 Å². The summed E-state index contributed by atoms with van der Waals surface area (Å²) < 4.78 is 16.2. The molecule has 0 radical (unpaired) electrons. The fraction of sp³-hybridized carbons (Fsp3) is 0.200. The lowest BCUT2D eigenvalue weighted by molar-refractivity contribution is 0.0179. The molecule has 1 aromatic carbocycles. The zero-order valence-corrected chi connectivity index (χ0v) is 14.9. The number of hydrogen-bond donors (Lipinski definition) is 2. The summed E-state index contributed by atoms with van der Waals surface area (Å²) in [4.78, 5) is 26.4. The van der Waals surface area contributed by atoms with Gasteiger partial charge in [0.1, 0.15) is 22.9 Å². The molecule has 126 valence electrons. The predicted octanol–water partition coefficient (Wildman–Crippen LogP) is 1.33. The standard InChI is InChI=1S/C15H13FIN3O4/c1-18-11(22)6-10(21)12-13(18)20(15(24)19(2)14(12)23)9-4-3-7(17)5-8(9)16/h3-6,15,21,24H,1-2H3. The number of carbonyl (C=O) groups is 1. The van der Waals surface area contributed by atoms with E-state index in [9.17, 15) is 24.2 Å². The number of amides is 1. The first-order valence-corrected chi connectivity index (χ1v) is 7.94. The third kappa shape index (κ3) is 2.35. The smallest absolute Gasteiger partial charge is 0.264 e. The molecule has 0 spiro atoms. The van der Waals surface area contributed by atoms with Gasteiger partial charge in [-0.1, -0.05) is 0 Å². The van der Waals surface area contributed by atoms with E-state index in [4.69, 9.17) is 0 Å². The van der Waals surface area contributed by atoms with E-state index in [1.807, 2.05) is 22.6 Å². The average Bonchev–Trinajstić information content (AvgIpc) is 2.51. The molecular formula is C15H13FIN3O4. The summed E-state index contributed by atoms with van der Waals surface area (Å²) in [7, 11) is 2.70. The highest BCUT2D eigenvalue weighted by Crippen LogP contribution is 2.39. The third-order valence-electron chi connectivity index (χ3n) is 3.90. The maximum Gasteiger partial charge on any atom is 0.264 e. The maximum absolute atomic E-state index is 14.4. The van der Waals surface area contributed by atoms with Crippen molar-refractivity contribution in [3.63, 3.8) is 0 Å². The lowest BCUT2D eigenvalue weighted by atomic mass is 10.1. The van der Waals surface area contributed by atoms with E-state index in [1.165, 1.54) is 26.2 Å². The van der Waals surface area contributed by atoms with Gasteiger partial charge in [-0.15, -0.1) is 0 Å². The number of aliphatic hydroxyl groups excluding tert-OH is 1. The number of rotatable bonds is 1. The van der Waals surface area contributed by atoms with Gasteiger partial charge in [-0.2, -0.15) is 0 Å². The molecular weight excluding hydrogens is 432 g/mol. The first-order valence-electron chi connectivity index (χ1n) is 6.86. The molecule has 0 aliphatic carbocycles. The van der Waals surface area contributed by atoms with Gasteiger partial charge in [-0.05, 0) is 40.8 Å². The lowest BCUT2D eigenvalue weighted by Crippen LogP contribution is -2.53. The molecule has 1 aliphatic rings. The Balaban J connectivity index is 2.37. The maximum atomic E-state index is 14.4. The van der Waals surface area contributed by atoms with Gasteiger partial charge in [0.25, 0.3) is 11.5 Å². The van der Waals surface area contributed by atoms with Crippen LogP contribution in [-0.2, 0) is 7.05 Å². The Morgan fingerprint density at radius 3 is 2.50 bits per heavy atom. The van der Waals surface area contributed by atoms with E-state index < -0.39 is 29.4 Å². The fourth-order valence-electron chi connectivity index (χ4n) is 2.64. The molecule has 2 N–H and O–H groups in total. The van der Waals surface area contributed by atoms with Crippen LogP contribution in [0.3, 0.4) is 0 Å². The molecule has 0 fully saturated rings. The van der Waals surface area contributed by atoms with E-state index in [0.29, 0.717) is 3.57 Å². The minimum absolute atomic E-state index is 0.0240. The van der Waals surface area contributed by atoms with Gasteiger partial charge in [-0.3, -0.25) is 24.0 Å². The molecule has 2 aromatic rings. The number of hydrogen-bond acceptors (Lipinski definition) is 5. The molecule has 9 heteroatoms. The second kappa shape index (κ2) is 5.74. The van der Waals surface area contributed by atoms with Crippen LogP contribution in [0.4, 0.5) is 15.9 Å². The Hall–Kier alpha value is -2.14. The van der Waals surface area contributed by atoms with Crippen LogP contribution in [0.2, 0.25) is 0 Å². The fourth-order valence-corrected chi connectivity index (χ4v) is 3.09. The third-order valence-corrected chi connectivity index (χ3v) is 4.57. The first kappa shape index (κ1) is 16.7. The highest BCUT2D eigenvalue weighted by atomic mass is 127. The van der Waals surface area contributed by atoms with E-state index in [-0.39, 0.29) is 17.1 Å². The van der Waals surface area contributed by atoms with Crippen molar-refractivity contribution in [2.45, 2.75) is 6.35 Å². The van der Waals surface area contributed by atoms with E-state index in [1.54, 1.807) is 6.07 Å². The molecule has 24 heavy (non-hydrogen) atoms. The second-order valence-electron chi connectivity index (χ2n) is 5.35. The number of aliphatic hydroxyl groups is 1. The van der Waals surface area contributed by atoms with Crippen molar-refractivity contribution in [1.82, 2.24) is 9.47 Å². The van der Waals surface area contributed by atoms with Crippen LogP contribution >= 0.6 is 22.6 Å². The number of fused-ring (bicyclic) bond motifs is 1. The lowest BCUT2D eigenvalue weighted by Gasteiger charge is -2.41. The molecule has 0 saturated heterocycles. The molecule has 0 bridgehead atoms. The van der Waals surface area contributed by atoms with Gasteiger partial charge >= 0.3 is 0 Å². The number of aromatic hydroxyl groups is 1. The number of pyridine rings is 1. The number of benzene rings is 1. The summed E-state index contributed by atoms with van der Waals surface area (Å²) in [5, 5.41) is 20.5. The van der Waals surface area contributed by atoms with Crippen molar-refractivity contribution in [3.8, 4) is 5.75 Å². The zero-order valence-electron chi connectivity index (χ0n) is 12.7. The molecule has 1 amide bonds. The average molecular weight is 445 g/mol. The Bertz CT molecular complexity index is 914. The van der Waals surface area contributed by atoms with Gasteiger partial charge < -0.3 is 10.2 Å². The highest BCUT2D eigenvalue weighted by Gasteiger charge is 2.40. The Labute approximate surface area is 149 Å². The Morgan fingerprint density at radius 1 is 1.21 bits per heavy atom. The summed E-state index contributed by atoms with van der Waals surface area (Å²) in [6.07, 6.45) is -1.54. The summed E-state index contributed by atoms with van der Waals surface area (Å²) in [6.45, 7) is 0. The molecule has 1 aromatic heterocycles. The number of nitrogens with zero attached hydrogens (tertiary/aromatic N) is 3. The van der Waals surface area contributed by atoms with Crippen LogP contribution in [0.15, 0.2) is 29.1 Å². The monoisotopic (exact) mass is 445 g/mol. The number of aromatic nitrogens is 1. The molecule has 1 aliphatic heterocycles. The first-order chi connectivity index (χ1) is 11.2. The van der Waals surface area contributed by atoms with Crippen molar-refractivity contribution < 1.29 is 19.4 Å². The van der Waals surface area contributed by atoms with E-state index >= 15 is 0 Å². The largest absolute Gasteiger partial charge is 0.507 e. The molecule has 0 saturated carbocycles. The van der Waals surface area contributed by atoms with E-state index in [0.717, 1.165) is 20.4 Å². The van der Waals surface area contributed by atoms with Crippen molar-refractivity contribution in [1.29, 1.82) is 0 Å². The van der Waals surface area contributed by atoms with Crippen LogP contribution in [-0.4, -0.2) is 39.0 Å². The minimum Gasteiger partial charge on any atom is -0.507 e. The summed E-state index contributed by atoms with van der Waals surface area (Å²) in [5.74, 6) is -1.90. The second-order valence-corrected chi connectivity index (χ2v) is 6.60. The SMILES string of the molecule is CN1C(=O)c2c(O)cc(=O)n(C)c2N(c2ccc(I)cc2F)C1O. The minimum atomic E-state index is -1.54. The highest BCUT2D eigenvalue weighted by molar-refractivity contribution is 14.1. The summed E-state index contributed by atoms with van der Waals surface area (Å²) in [5.41, 5.74) is -0.793. The molecule has 1 atom stereocenters. The Kier molecular flexibility index (Phi) is 4.00. The zero-order chi connectivity index (χ0) is 17.8. The van der Waals surface area contributed by atoms with Crippen molar-refractivity contribution in [2.75, 3.05) is 11.9 Å². The van der Waals surface area contributed by atoms with Crippen LogP contribution in [0, 0.1) is 9.39 Å². The van der Waals surface area contributed by atoms with Crippen LogP contribution in [0.25, 0.3) is 0 Å². The van der Waals surface area contributed by atoms with Crippen LogP contribution in [0.5, 0.6) is 5.75 Å². The molecule has 7 nitrogen and oxygen atoms in total. The van der Waals surface area contributed by atoms with Crippen molar-refractivity contribution in [2.24, 2.45) is 7.05 Å². The molecule has 3 rings (SSSR count). The number of carbonyl (C=O) groups excluding carboxylic acids is 1. The van der Waals surface area contributed by atoms with Gasteiger partial charge in [0.15, 0.2) is 0 Å². The van der Waals surface area contributed by atoms with Gasteiger partial charge in [0, 0.05) is 23.7 Å². The topological polar surface area (TPSA) is 86.0 Å². The molecule has 2 heterocycles. The number of halogens is 2. The molecule has 1 unspecified atom stereocenters. The van der Waals surface area contributed by atoms with Crippen molar-refractivity contribution in [3.05, 3.63) is 49.6 Å². The summed E-state index contributed by atoms with van der Waals surface area (Å²) >= 11 is 1.94. The summed E-state index contributed by atoms with van der Waals surface area (Å²) in [6, 6.07) is 5.23. The quantitative estimate of drug-likeness (QED) is 0.648. The van der Waals surface area contributed by atoms with Gasteiger partial charge in [0.2, 0.25) is 6.35 Å². The van der Waals surface area contributed by atoms with Gasteiger partial charge in [-0.25, -0.2) is 4.39 Å². The normalized spacial score (nSPS) is 17.2. The predicted molar refractivity (Wildman–Crippen MR) is 92.7 cm³/mol. The Morgan fingerprint density at radius 2 is 1.88 bits per heavy atom. The van der Waals surface area contributed by atoms with Crippen LogP contribution < -0.4 is 10.5 Å². The number of anilines is 2. The van der Waals surface area contributed by atoms with E-state index in [2.05, 4.69) is 0 Å².